The Labute approximate surface area is 102 Å². The Morgan fingerprint density at radius 1 is 1.19 bits per heavy atom. The smallest absolute Gasteiger partial charge is 0.306 e. The monoisotopic (exact) mass is 246 g/mol. The molecule has 0 bridgehead atoms. The number of aliphatic carboxylic acids is 1. The molecule has 4 heteroatoms. The molecule has 0 saturated carbocycles. The molecule has 0 aromatic carbocycles. The topological polar surface area (TPSA) is 54.4 Å². The lowest BCUT2D eigenvalue weighted by Gasteiger charge is -2.16. The Morgan fingerprint density at radius 3 is 2.19 bits per heavy atom. The molecule has 2 atom stereocenters. The predicted octanol–water partition coefficient (Wildman–Crippen LogP) is 3.33. The van der Waals surface area contributed by atoms with Gasteiger partial charge in [-0.2, -0.15) is 0 Å². The molecule has 0 aromatic rings. The summed E-state index contributed by atoms with van der Waals surface area (Å²) < 4.78 is 0. The van der Waals surface area contributed by atoms with Crippen LogP contribution in [-0.2, 0) is 9.59 Å². The molecule has 0 fully saturated rings. The minimum Gasteiger partial charge on any atom is -0.481 e. The number of rotatable bonds is 8. The summed E-state index contributed by atoms with van der Waals surface area (Å²) in [4.78, 5) is 21.9. The third-order valence-electron chi connectivity index (χ3n) is 2.62. The number of hydrogen-bond donors (Lipinski definition) is 1. The molecule has 94 valence electrons. The van der Waals surface area contributed by atoms with Crippen molar-refractivity contribution in [3.05, 3.63) is 0 Å². The second kappa shape index (κ2) is 8.62. The van der Waals surface area contributed by atoms with Crippen molar-refractivity contribution in [2.45, 2.75) is 58.1 Å². The van der Waals surface area contributed by atoms with E-state index >= 15 is 0 Å². The molecule has 0 amide bonds. The van der Waals surface area contributed by atoms with Gasteiger partial charge in [0.25, 0.3) is 0 Å². The Hall–Kier alpha value is -0.510. The molecule has 3 nitrogen and oxygen atoms in total. The number of carboxylic acid groups (broad SMARTS) is 1. The fourth-order valence-corrected chi connectivity index (χ4v) is 2.79. The van der Waals surface area contributed by atoms with Crippen molar-refractivity contribution in [1.29, 1.82) is 0 Å². The lowest BCUT2D eigenvalue weighted by molar-refractivity contribution is -0.142. The Bertz CT molecular complexity index is 228. The van der Waals surface area contributed by atoms with Crippen molar-refractivity contribution in [3.8, 4) is 0 Å². The van der Waals surface area contributed by atoms with Crippen LogP contribution in [0.3, 0.4) is 0 Å². The van der Waals surface area contributed by atoms with Gasteiger partial charge < -0.3 is 5.11 Å². The van der Waals surface area contributed by atoms with E-state index in [1.54, 1.807) is 6.92 Å². The fraction of sp³-hybridized carbons (Fsp3) is 0.833. The molecule has 0 aliphatic heterocycles. The van der Waals surface area contributed by atoms with Crippen LogP contribution in [0.25, 0.3) is 0 Å². The normalized spacial score (nSPS) is 14.4. The second-order valence-corrected chi connectivity index (χ2v) is 5.52. The highest BCUT2D eigenvalue weighted by molar-refractivity contribution is 8.14. The van der Waals surface area contributed by atoms with Gasteiger partial charge >= 0.3 is 5.97 Å². The van der Waals surface area contributed by atoms with Crippen LogP contribution in [0.1, 0.15) is 52.9 Å². The first-order chi connectivity index (χ1) is 7.51. The fourth-order valence-electron chi connectivity index (χ4n) is 1.71. The third kappa shape index (κ3) is 6.88. The van der Waals surface area contributed by atoms with Gasteiger partial charge in [0.05, 0.1) is 5.92 Å². The molecule has 2 unspecified atom stereocenters. The van der Waals surface area contributed by atoms with Gasteiger partial charge in [-0.3, -0.25) is 9.59 Å². The Kier molecular flexibility index (Phi) is 8.35. The molecule has 0 rings (SSSR count). The van der Waals surface area contributed by atoms with E-state index in [0.29, 0.717) is 12.8 Å². The Morgan fingerprint density at radius 2 is 1.81 bits per heavy atom. The van der Waals surface area contributed by atoms with Gasteiger partial charge in [-0.25, -0.2) is 0 Å². The molecule has 1 N–H and O–H groups in total. The lowest BCUT2D eigenvalue weighted by Crippen LogP contribution is -2.15. The summed E-state index contributed by atoms with van der Waals surface area (Å²) in [7, 11) is 0. The van der Waals surface area contributed by atoms with Crippen LogP contribution in [0, 0.1) is 5.92 Å². The molecule has 0 spiro atoms. The summed E-state index contributed by atoms with van der Waals surface area (Å²) in [5.74, 6) is -0.975. The Balaban J connectivity index is 4.08. The van der Waals surface area contributed by atoms with Gasteiger partial charge in [-0.1, -0.05) is 32.0 Å². The van der Waals surface area contributed by atoms with Crippen LogP contribution in [0.15, 0.2) is 0 Å². The molecule has 0 radical (unpaired) electrons. The maximum Gasteiger partial charge on any atom is 0.306 e. The quantitative estimate of drug-likeness (QED) is 0.713. The zero-order valence-electron chi connectivity index (χ0n) is 10.4. The highest BCUT2D eigenvalue weighted by atomic mass is 32.2. The lowest BCUT2D eigenvalue weighted by atomic mass is 9.98. The number of carboxylic acids is 1. The second-order valence-electron chi connectivity index (χ2n) is 4.04. The summed E-state index contributed by atoms with van der Waals surface area (Å²) in [6.07, 6.45) is 4.19. The minimum absolute atomic E-state index is 0.127. The largest absolute Gasteiger partial charge is 0.481 e. The first kappa shape index (κ1) is 15.5. The van der Waals surface area contributed by atoms with Crippen molar-refractivity contribution >= 4 is 22.8 Å². The average Bonchev–Trinajstić information content (AvgIpc) is 2.17. The van der Waals surface area contributed by atoms with E-state index in [1.807, 2.05) is 6.92 Å². The van der Waals surface area contributed by atoms with Crippen LogP contribution in [0.2, 0.25) is 0 Å². The molecular formula is C12H22O3S. The summed E-state index contributed by atoms with van der Waals surface area (Å²) in [6, 6.07) is 0. The van der Waals surface area contributed by atoms with Crippen molar-refractivity contribution in [2.75, 3.05) is 0 Å². The molecule has 16 heavy (non-hydrogen) atoms. The SMILES string of the molecule is CCCC(CCC(CC)C(=O)O)SC(C)=O. The van der Waals surface area contributed by atoms with Crippen LogP contribution in [0.5, 0.6) is 0 Å². The van der Waals surface area contributed by atoms with Gasteiger partial charge in [-0.15, -0.1) is 0 Å². The minimum atomic E-state index is -0.717. The van der Waals surface area contributed by atoms with Crippen molar-refractivity contribution in [1.82, 2.24) is 0 Å². The maximum atomic E-state index is 11.0. The number of carbonyl (C=O) groups is 2. The van der Waals surface area contributed by atoms with E-state index < -0.39 is 5.97 Å². The zero-order chi connectivity index (χ0) is 12.6. The first-order valence-corrected chi connectivity index (χ1v) is 6.79. The average molecular weight is 246 g/mol. The van der Waals surface area contributed by atoms with Gasteiger partial charge in [0.1, 0.15) is 0 Å². The molecule has 0 saturated heterocycles. The summed E-state index contributed by atoms with van der Waals surface area (Å²) in [5.41, 5.74) is 0. The first-order valence-electron chi connectivity index (χ1n) is 5.91. The predicted molar refractivity (Wildman–Crippen MR) is 67.6 cm³/mol. The van der Waals surface area contributed by atoms with Gasteiger partial charge in [0.2, 0.25) is 0 Å². The summed E-state index contributed by atoms with van der Waals surface area (Å²) in [6.45, 7) is 5.55. The van der Waals surface area contributed by atoms with Crippen molar-refractivity contribution in [2.24, 2.45) is 5.92 Å². The van der Waals surface area contributed by atoms with Crippen LogP contribution in [-0.4, -0.2) is 21.4 Å². The number of hydrogen-bond acceptors (Lipinski definition) is 3. The van der Waals surface area contributed by atoms with E-state index in [4.69, 9.17) is 5.11 Å². The zero-order valence-corrected chi connectivity index (χ0v) is 11.2. The van der Waals surface area contributed by atoms with Crippen molar-refractivity contribution < 1.29 is 14.7 Å². The maximum absolute atomic E-state index is 11.0. The molecular weight excluding hydrogens is 224 g/mol. The summed E-state index contributed by atoms with van der Waals surface area (Å²) in [5, 5.41) is 9.34. The highest BCUT2D eigenvalue weighted by Gasteiger charge is 2.18. The molecule has 0 aromatic heterocycles. The molecule has 0 heterocycles. The van der Waals surface area contributed by atoms with Gasteiger partial charge in [0, 0.05) is 12.2 Å². The van der Waals surface area contributed by atoms with E-state index in [1.165, 1.54) is 11.8 Å². The van der Waals surface area contributed by atoms with E-state index in [-0.39, 0.29) is 16.3 Å². The van der Waals surface area contributed by atoms with Crippen LogP contribution >= 0.6 is 11.8 Å². The van der Waals surface area contributed by atoms with Crippen LogP contribution in [0.4, 0.5) is 0 Å². The van der Waals surface area contributed by atoms with Gasteiger partial charge in [0.15, 0.2) is 5.12 Å². The molecule has 0 aliphatic carbocycles. The standard InChI is InChI=1S/C12H22O3S/c1-4-6-11(16-9(3)13)8-7-10(5-2)12(14)15/h10-11H,4-8H2,1-3H3,(H,14,15). The van der Waals surface area contributed by atoms with Gasteiger partial charge in [-0.05, 0) is 25.7 Å². The van der Waals surface area contributed by atoms with E-state index in [0.717, 1.165) is 19.3 Å². The van der Waals surface area contributed by atoms with E-state index in [2.05, 4.69) is 6.92 Å². The van der Waals surface area contributed by atoms with E-state index in [9.17, 15) is 9.59 Å². The highest BCUT2D eigenvalue weighted by Crippen LogP contribution is 2.25. The third-order valence-corrected chi connectivity index (χ3v) is 3.76. The summed E-state index contributed by atoms with van der Waals surface area (Å²) >= 11 is 1.36. The number of thioether (sulfide) groups is 1. The van der Waals surface area contributed by atoms with Crippen LogP contribution < -0.4 is 0 Å². The molecule has 0 aliphatic rings. The van der Waals surface area contributed by atoms with Crippen molar-refractivity contribution in [3.63, 3.8) is 0 Å². The number of carbonyl (C=O) groups excluding carboxylic acids is 1.